The standard InChI is InChI=1S/C17H22N2O/c1-5-20-15-9-14(10-19-11-15)17(18-4)16-7-6-12(2)8-13(16)3/h6-11,17-18H,5H2,1-4H3. The quantitative estimate of drug-likeness (QED) is 0.904. The molecule has 1 unspecified atom stereocenters. The highest BCUT2D eigenvalue weighted by Gasteiger charge is 2.15. The third-order valence-electron chi connectivity index (χ3n) is 3.40. The van der Waals surface area contributed by atoms with Crippen molar-refractivity contribution < 1.29 is 4.74 Å². The monoisotopic (exact) mass is 270 g/mol. The van der Waals surface area contributed by atoms with Crippen LogP contribution in [0.4, 0.5) is 0 Å². The van der Waals surface area contributed by atoms with Gasteiger partial charge in [0.2, 0.25) is 0 Å². The van der Waals surface area contributed by atoms with Gasteiger partial charge in [0.15, 0.2) is 0 Å². The number of nitrogens with zero attached hydrogens (tertiary/aromatic N) is 1. The summed E-state index contributed by atoms with van der Waals surface area (Å²) in [6.07, 6.45) is 3.64. The molecule has 0 aliphatic heterocycles. The van der Waals surface area contributed by atoms with Gasteiger partial charge in [0.05, 0.1) is 18.8 Å². The molecule has 2 rings (SSSR count). The molecular formula is C17H22N2O. The van der Waals surface area contributed by atoms with Crippen LogP contribution in [-0.4, -0.2) is 18.6 Å². The Bertz CT molecular complexity index is 581. The maximum Gasteiger partial charge on any atom is 0.137 e. The SMILES string of the molecule is CCOc1cncc(C(NC)c2ccc(C)cc2C)c1. The van der Waals surface area contributed by atoms with E-state index in [1.807, 2.05) is 20.2 Å². The van der Waals surface area contributed by atoms with Crippen LogP contribution in [-0.2, 0) is 0 Å². The topological polar surface area (TPSA) is 34.1 Å². The Morgan fingerprint density at radius 1 is 1.20 bits per heavy atom. The first-order valence-corrected chi connectivity index (χ1v) is 6.98. The number of benzene rings is 1. The number of nitrogens with one attached hydrogen (secondary N) is 1. The summed E-state index contributed by atoms with van der Waals surface area (Å²) < 4.78 is 5.54. The van der Waals surface area contributed by atoms with Gasteiger partial charge in [-0.1, -0.05) is 23.8 Å². The van der Waals surface area contributed by atoms with Gasteiger partial charge < -0.3 is 10.1 Å². The number of pyridine rings is 1. The highest BCUT2D eigenvalue weighted by molar-refractivity contribution is 5.39. The second-order valence-corrected chi connectivity index (χ2v) is 4.97. The second-order valence-electron chi connectivity index (χ2n) is 4.97. The Labute approximate surface area is 121 Å². The summed E-state index contributed by atoms with van der Waals surface area (Å²) in [5, 5.41) is 3.37. The lowest BCUT2D eigenvalue weighted by molar-refractivity contribution is 0.338. The molecule has 0 fully saturated rings. The fraction of sp³-hybridized carbons (Fsp3) is 0.353. The molecule has 0 amide bonds. The largest absolute Gasteiger partial charge is 0.492 e. The Hall–Kier alpha value is -1.87. The zero-order valence-electron chi connectivity index (χ0n) is 12.6. The van der Waals surface area contributed by atoms with Crippen LogP contribution in [0.25, 0.3) is 0 Å². The van der Waals surface area contributed by atoms with Crippen molar-refractivity contribution in [3.63, 3.8) is 0 Å². The van der Waals surface area contributed by atoms with Crippen LogP contribution in [0, 0.1) is 13.8 Å². The summed E-state index contributed by atoms with van der Waals surface area (Å²) in [7, 11) is 1.97. The van der Waals surface area contributed by atoms with Gasteiger partial charge in [-0.2, -0.15) is 0 Å². The van der Waals surface area contributed by atoms with Gasteiger partial charge >= 0.3 is 0 Å². The van der Waals surface area contributed by atoms with Crippen molar-refractivity contribution in [2.75, 3.05) is 13.7 Å². The minimum atomic E-state index is 0.128. The number of hydrogen-bond donors (Lipinski definition) is 1. The molecule has 0 radical (unpaired) electrons. The Kier molecular flexibility index (Phi) is 4.74. The smallest absolute Gasteiger partial charge is 0.137 e. The molecule has 1 aromatic heterocycles. The van der Waals surface area contributed by atoms with E-state index < -0.39 is 0 Å². The number of aryl methyl sites for hydroxylation is 2. The van der Waals surface area contributed by atoms with Crippen molar-refractivity contribution >= 4 is 0 Å². The number of aromatic nitrogens is 1. The number of hydrogen-bond acceptors (Lipinski definition) is 3. The van der Waals surface area contributed by atoms with Gasteiger partial charge in [0.25, 0.3) is 0 Å². The highest BCUT2D eigenvalue weighted by Crippen LogP contribution is 2.26. The molecule has 3 nitrogen and oxygen atoms in total. The van der Waals surface area contributed by atoms with Crippen molar-refractivity contribution in [2.45, 2.75) is 26.8 Å². The number of ether oxygens (including phenoxy) is 1. The van der Waals surface area contributed by atoms with E-state index in [0.29, 0.717) is 6.61 Å². The van der Waals surface area contributed by atoms with Crippen LogP contribution in [0.3, 0.4) is 0 Å². The lowest BCUT2D eigenvalue weighted by Gasteiger charge is -2.20. The average Bonchev–Trinajstić information content (AvgIpc) is 2.43. The fourth-order valence-electron chi connectivity index (χ4n) is 2.49. The zero-order chi connectivity index (χ0) is 14.5. The minimum absolute atomic E-state index is 0.128. The maximum atomic E-state index is 5.54. The Morgan fingerprint density at radius 3 is 2.65 bits per heavy atom. The molecule has 106 valence electrons. The van der Waals surface area contributed by atoms with Crippen molar-refractivity contribution in [3.8, 4) is 5.75 Å². The molecular weight excluding hydrogens is 248 g/mol. The van der Waals surface area contributed by atoms with E-state index >= 15 is 0 Å². The van der Waals surface area contributed by atoms with Gasteiger partial charge in [-0.15, -0.1) is 0 Å². The van der Waals surface area contributed by atoms with Crippen molar-refractivity contribution in [3.05, 3.63) is 58.9 Å². The first-order chi connectivity index (χ1) is 9.65. The van der Waals surface area contributed by atoms with E-state index in [1.165, 1.54) is 16.7 Å². The van der Waals surface area contributed by atoms with Crippen LogP contribution in [0.1, 0.15) is 35.2 Å². The van der Waals surface area contributed by atoms with Crippen LogP contribution < -0.4 is 10.1 Å². The fourth-order valence-corrected chi connectivity index (χ4v) is 2.49. The Balaban J connectivity index is 2.38. The summed E-state index contributed by atoms with van der Waals surface area (Å²) in [5.41, 5.74) is 4.95. The molecule has 1 aromatic carbocycles. The van der Waals surface area contributed by atoms with E-state index in [1.54, 1.807) is 6.20 Å². The second kappa shape index (κ2) is 6.53. The van der Waals surface area contributed by atoms with Crippen LogP contribution >= 0.6 is 0 Å². The molecule has 2 aromatic rings. The highest BCUT2D eigenvalue weighted by atomic mass is 16.5. The molecule has 3 heteroatoms. The molecule has 0 saturated heterocycles. The molecule has 0 aliphatic carbocycles. The maximum absolute atomic E-state index is 5.54. The normalized spacial score (nSPS) is 12.2. The lowest BCUT2D eigenvalue weighted by atomic mass is 9.95. The van der Waals surface area contributed by atoms with Crippen molar-refractivity contribution in [1.29, 1.82) is 0 Å². The number of rotatable bonds is 5. The molecule has 0 spiro atoms. The molecule has 1 atom stereocenters. The predicted octanol–water partition coefficient (Wildman–Crippen LogP) is 3.41. The molecule has 0 bridgehead atoms. The van der Waals surface area contributed by atoms with Gasteiger partial charge in [0.1, 0.15) is 5.75 Å². The molecule has 0 saturated carbocycles. The van der Waals surface area contributed by atoms with Gasteiger partial charge in [-0.3, -0.25) is 4.98 Å². The van der Waals surface area contributed by atoms with E-state index in [0.717, 1.165) is 11.3 Å². The van der Waals surface area contributed by atoms with E-state index in [-0.39, 0.29) is 6.04 Å². The molecule has 1 N–H and O–H groups in total. The van der Waals surface area contributed by atoms with E-state index in [4.69, 9.17) is 4.74 Å². The van der Waals surface area contributed by atoms with Gasteiger partial charge in [-0.05, 0) is 50.6 Å². The first-order valence-electron chi connectivity index (χ1n) is 6.98. The third kappa shape index (κ3) is 3.17. The zero-order valence-corrected chi connectivity index (χ0v) is 12.6. The van der Waals surface area contributed by atoms with Crippen molar-refractivity contribution in [2.24, 2.45) is 0 Å². The molecule has 20 heavy (non-hydrogen) atoms. The summed E-state index contributed by atoms with van der Waals surface area (Å²) in [5.74, 6) is 0.815. The summed E-state index contributed by atoms with van der Waals surface area (Å²) in [6.45, 7) is 6.89. The van der Waals surface area contributed by atoms with Gasteiger partial charge in [-0.25, -0.2) is 0 Å². The van der Waals surface area contributed by atoms with E-state index in [2.05, 4.69) is 48.4 Å². The first kappa shape index (κ1) is 14.5. The summed E-state index contributed by atoms with van der Waals surface area (Å²) in [6, 6.07) is 8.71. The third-order valence-corrected chi connectivity index (χ3v) is 3.40. The summed E-state index contributed by atoms with van der Waals surface area (Å²) >= 11 is 0. The Morgan fingerprint density at radius 2 is 2.00 bits per heavy atom. The van der Waals surface area contributed by atoms with Crippen LogP contribution in [0.15, 0.2) is 36.7 Å². The lowest BCUT2D eigenvalue weighted by Crippen LogP contribution is -2.19. The van der Waals surface area contributed by atoms with E-state index in [9.17, 15) is 0 Å². The molecule has 1 heterocycles. The average molecular weight is 270 g/mol. The van der Waals surface area contributed by atoms with Crippen LogP contribution in [0.5, 0.6) is 5.75 Å². The molecule has 0 aliphatic rings. The minimum Gasteiger partial charge on any atom is -0.492 e. The van der Waals surface area contributed by atoms with Crippen molar-refractivity contribution in [1.82, 2.24) is 10.3 Å². The van der Waals surface area contributed by atoms with Crippen LogP contribution in [0.2, 0.25) is 0 Å². The summed E-state index contributed by atoms with van der Waals surface area (Å²) in [4.78, 5) is 4.28. The van der Waals surface area contributed by atoms with Gasteiger partial charge in [0, 0.05) is 6.20 Å². The predicted molar refractivity (Wildman–Crippen MR) is 82.2 cm³/mol.